The zero-order valence-electron chi connectivity index (χ0n) is 20.6. The van der Waals surface area contributed by atoms with Crippen LogP contribution in [0.25, 0.3) is 11.1 Å². The summed E-state index contributed by atoms with van der Waals surface area (Å²) in [6.45, 7) is 6.51. The molecule has 0 heterocycles. The van der Waals surface area contributed by atoms with E-state index in [0.717, 1.165) is 36.3 Å². The third-order valence-corrected chi connectivity index (χ3v) is 6.44. The number of hydrogen-bond acceptors (Lipinski definition) is 5. The van der Waals surface area contributed by atoms with Crippen LogP contribution in [0.5, 0.6) is 17.2 Å². The molecule has 7 heteroatoms. The topological polar surface area (TPSA) is 61.8 Å². The molecule has 0 N–H and O–H groups in total. The molecule has 0 aliphatic heterocycles. The lowest BCUT2D eigenvalue weighted by molar-refractivity contribution is -0.134. The van der Waals surface area contributed by atoms with Crippen LogP contribution in [0, 0.1) is 5.92 Å². The third kappa shape index (κ3) is 7.74. The summed E-state index contributed by atoms with van der Waals surface area (Å²) in [6, 6.07) is 19.5. The van der Waals surface area contributed by atoms with Gasteiger partial charge in [0, 0.05) is 0 Å². The third-order valence-electron chi connectivity index (χ3n) is 5.46. The molecule has 0 radical (unpaired) electrons. The zero-order chi connectivity index (χ0) is 26.1. The van der Waals surface area contributed by atoms with Crippen LogP contribution in [-0.4, -0.2) is 23.9 Å². The van der Waals surface area contributed by atoms with E-state index in [-0.39, 0.29) is 22.3 Å². The fourth-order valence-electron chi connectivity index (χ4n) is 3.31. The van der Waals surface area contributed by atoms with E-state index < -0.39 is 17.3 Å². The molecule has 0 fully saturated rings. The SMILES string of the molecule is CCCCCOc1ccc(-c2ccc(OC(=O)c3ccc(OC(=O)C(Cl)C(C)C)c(Cl)c3)cc2)cc1. The normalized spacial score (nSPS) is 11.7. The van der Waals surface area contributed by atoms with Crippen molar-refractivity contribution < 1.29 is 23.8 Å². The van der Waals surface area contributed by atoms with Crippen LogP contribution < -0.4 is 14.2 Å². The number of carbonyl (C=O) groups is 2. The van der Waals surface area contributed by atoms with E-state index in [0.29, 0.717) is 5.75 Å². The van der Waals surface area contributed by atoms with Gasteiger partial charge in [-0.15, -0.1) is 11.6 Å². The lowest BCUT2D eigenvalue weighted by atomic mass is 10.1. The molecule has 0 saturated carbocycles. The average molecular weight is 529 g/mol. The summed E-state index contributed by atoms with van der Waals surface area (Å²) in [4.78, 5) is 24.7. The molecule has 0 aliphatic rings. The number of hydrogen-bond donors (Lipinski definition) is 0. The van der Waals surface area contributed by atoms with Crippen molar-refractivity contribution in [3.8, 4) is 28.4 Å². The number of benzene rings is 3. The van der Waals surface area contributed by atoms with Gasteiger partial charge >= 0.3 is 11.9 Å². The van der Waals surface area contributed by atoms with Gasteiger partial charge in [0.25, 0.3) is 0 Å². The van der Waals surface area contributed by atoms with Crippen molar-refractivity contribution >= 4 is 35.1 Å². The molecule has 3 rings (SSSR count). The quantitative estimate of drug-likeness (QED) is 0.109. The second-order valence-corrected chi connectivity index (χ2v) is 9.58. The van der Waals surface area contributed by atoms with Crippen molar-refractivity contribution in [2.24, 2.45) is 5.92 Å². The molecule has 0 bridgehead atoms. The Balaban J connectivity index is 1.59. The van der Waals surface area contributed by atoms with Gasteiger partial charge in [0.05, 0.1) is 17.2 Å². The lowest BCUT2D eigenvalue weighted by Gasteiger charge is -2.13. The number of unbranched alkanes of at least 4 members (excludes halogenated alkanes) is 2. The minimum Gasteiger partial charge on any atom is -0.494 e. The first kappa shape index (κ1) is 27.6. The van der Waals surface area contributed by atoms with E-state index in [2.05, 4.69) is 6.92 Å². The maximum Gasteiger partial charge on any atom is 0.343 e. The monoisotopic (exact) mass is 528 g/mol. The Morgan fingerprint density at radius 1 is 0.833 bits per heavy atom. The highest BCUT2D eigenvalue weighted by atomic mass is 35.5. The largest absolute Gasteiger partial charge is 0.494 e. The number of esters is 2. The molecular weight excluding hydrogens is 499 g/mol. The van der Waals surface area contributed by atoms with Gasteiger partial charge in [-0.1, -0.05) is 69.5 Å². The van der Waals surface area contributed by atoms with Gasteiger partial charge in [-0.05, 0) is 65.9 Å². The highest BCUT2D eigenvalue weighted by Gasteiger charge is 2.22. The summed E-state index contributed by atoms with van der Waals surface area (Å²) in [5, 5.41) is -0.686. The van der Waals surface area contributed by atoms with Crippen molar-refractivity contribution in [1.29, 1.82) is 0 Å². The average Bonchev–Trinajstić information content (AvgIpc) is 2.88. The molecule has 0 saturated heterocycles. The molecule has 3 aromatic rings. The van der Waals surface area contributed by atoms with Crippen molar-refractivity contribution in [2.75, 3.05) is 6.61 Å². The predicted octanol–water partition coefficient (Wildman–Crippen LogP) is 7.96. The highest BCUT2D eigenvalue weighted by Crippen LogP contribution is 2.28. The summed E-state index contributed by atoms with van der Waals surface area (Å²) in [7, 11) is 0. The van der Waals surface area contributed by atoms with E-state index in [1.807, 2.05) is 50.2 Å². The molecule has 36 heavy (non-hydrogen) atoms. The van der Waals surface area contributed by atoms with Crippen LogP contribution in [0.3, 0.4) is 0 Å². The number of rotatable bonds is 11. The van der Waals surface area contributed by atoms with Crippen molar-refractivity contribution in [2.45, 2.75) is 45.4 Å². The minimum absolute atomic E-state index is 0.0905. The number of halogens is 2. The maximum atomic E-state index is 12.6. The van der Waals surface area contributed by atoms with Gasteiger partial charge in [-0.2, -0.15) is 0 Å². The summed E-state index contributed by atoms with van der Waals surface area (Å²) in [6.07, 6.45) is 3.38. The van der Waals surface area contributed by atoms with E-state index in [1.54, 1.807) is 12.1 Å². The molecule has 0 amide bonds. The van der Waals surface area contributed by atoms with Gasteiger partial charge in [0.15, 0.2) is 0 Å². The Morgan fingerprint density at radius 3 is 2.00 bits per heavy atom. The van der Waals surface area contributed by atoms with E-state index in [1.165, 1.54) is 24.6 Å². The van der Waals surface area contributed by atoms with Crippen LogP contribution >= 0.6 is 23.2 Å². The van der Waals surface area contributed by atoms with E-state index in [4.69, 9.17) is 37.4 Å². The first-order valence-corrected chi connectivity index (χ1v) is 12.8. The molecular formula is C29H30Cl2O5. The second kappa shape index (κ2) is 13.3. The predicted molar refractivity (Wildman–Crippen MR) is 143 cm³/mol. The molecule has 3 aromatic carbocycles. The van der Waals surface area contributed by atoms with Gasteiger partial charge in [0.2, 0.25) is 0 Å². The zero-order valence-corrected chi connectivity index (χ0v) is 22.1. The highest BCUT2D eigenvalue weighted by molar-refractivity contribution is 6.33. The number of alkyl halides is 1. The van der Waals surface area contributed by atoms with Gasteiger partial charge in [0.1, 0.15) is 22.6 Å². The Kier molecular flexibility index (Phi) is 10.2. The standard InChI is InChI=1S/C29H30Cl2O5/c1-4-5-6-17-34-23-12-7-20(8-13-23)21-9-14-24(15-10-21)35-28(32)22-11-16-26(25(30)18-22)36-29(33)27(31)19(2)3/h7-16,18-19,27H,4-6,17H2,1-3H3. The van der Waals surface area contributed by atoms with E-state index in [9.17, 15) is 9.59 Å². The lowest BCUT2D eigenvalue weighted by Crippen LogP contribution is -2.25. The first-order chi connectivity index (χ1) is 17.3. The molecule has 190 valence electrons. The summed E-state index contributed by atoms with van der Waals surface area (Å²) >= 11 is 12.2. The second-order valence-electron chi connectivity index (χ2n) is 8.71. The van der Waals surface area contributed by atoms with Gasteiger partial charge in [-0.3, -0.25) is 4.79 Å². The van der Waals surface area contributed by atoms with Crippen LogP contribution in [0.15, 0.2) is 66.7 Å². The van der Waals surface area contributed by atoms with E-state index >= 15 is 0 Å². The maximum absolute atomic E-state index is 12.6. The molecule has 0 spiro atoms. The van der Waals surface area contributed by atoms with Gasteiger partial charge < -0.3 is 14.2 Å². The smallest absolute Gasteiger partial charge is 0.343 e. The Morgan fingerprint density at radius 2 is 1.44 bits per heavy atom. The fraction of sp³-hybridized carbons (Fsp3) is 0.310. The molecule has 1 unspecified atom stereocenters. The summed E-state index contributed by atoms with van der Waals surface area (Å²) in [5.74, 6) is 0.108. The summed E-state index contributed by atoms with van der Waals surface area (Å²) in [5.41, 5.74) is 2.24. The first-order valence-electron chi connectivity index (χ1n) is 12.0. The van der Waals surface area contributed by atoms with Crippen LogP contribution in [0.4, 0.5) is 0 Å². The number of ether oxygens (including phenoxy) is 3. The molecule has 5 nitrogen and oxygen atoms in total. The Labute approximate surface area is 222 Å². The van der Waals surface area contributed by atoms with Crippen molar-refractivity contribution in [3.63, 3.8) is 0 Å². The van der Waals surface area contributed by atoms with Crippen molar-refractivity contribution in [1.82, 2.24) is 0 Å². The van der Waals surface area contributed by atoms with Crippen LogP contribution in [0.2, 0.25) is 5.02 Å². The summed E-state index contributed by atoms with van der Waals surface area (Å²) < 4.78 is 16.5. The van der Waals surface area contributed by atoms with Gasteiger partial charge in [-0.25, -0.2) is 4.79 Å². The molecule has 0 aliphatic carbocycles. The Hall–Kier alpha value is -3.02. The Bertz CT molecular complexity index is 1160. The number of carbonyl (C=O) groups excluding carboxylic acids is 2. The van der Waals surface area contributed by atoms with Crippen LogP contribution in [0.1, 0.15) is 50.4 Å². The fourth-order valence-corrected chi connectivity index (χ4v) is 3.58. The van der Waals surface area contributed by atoms with Crippen molar-refractivity contribution in [3.05, 3.63) is 77.3 Å². The molecule has 0 aromatic heterocycles. The van der Waals surface area contributed by atoms with Crippen LogP contribution in [-0.2, 0) is 4.79 Å². The molecule has 1 atom stereocenters. The minimum atomic E-state index is -0.796.